The molecule has 0 bridgehead atoms. The van der Waals surface area contributed by atoms with Gasteiger partial charge in [0.1, 0.15) is 0 Å². The molecule has 5 nitrogen and oxygen atoms in total. The second-order valence-corrected chi connectivity index (χ2v) is 5.97. The summed E-state index contributed by atoms with van der Waals surface area (Å²) in [5.41, 5.74) is 6.77. The van der Waals surface area contributed by atoms with Crippen molar-refractivity contribution in [3.05, 3.63) is 29.8 Å². The van der Waals surface area contributed by atoms with E-state index < -0.39 is 0 Å². The Balaban J connectivity index is 0.00000264. The number of piperidine rings is 1. The van der Waals surface area contributed by atoms with Crippen molar-refractivity contribution < 1.29 is 9.59 Å². The second kappa shape index (κ2) is 9.65. The first-order valence-corrected chi connectivity index (χ1v) is 7.92. The van der Waals surface area contributed by atoms with E-state index >= 15 is 0 Å². The summed E-state index contributed by atoms with van der Waals surface area (Å²) in [7, 11) is 0. The molecule has 6 heteroatoms. The zero-order valence-corrected chi connectivity index (χ0v) is 14.4. The minimum Gasteiger partial charge on any atom is -0.330 e. The van der Waals surface area contributed by atoms with Crippen LogP contribution < -0.4 is 11.1 Å². The number of carbonyl (C=O) groups excluding carboxylic acids is 2. The quantitative estimate of drug-likeness (QED) is 0.780. The number of nitrogens with one attached hydrogen (secondary N) is 1. The van der Waals surface area contributed by atoms with Crippen molar-refractivity contribution >= 4 is 29.8 Å². The Morgan fingerprint density at radius 3 is 2.78 bits per heavy atom. The average molecular weight is 340 g/mol. The molecule has 1 unspecified atom stereocenters. The third-order valence-corrected chi connectivity index (χ3v) is 4.13. The maximum Gasteiger partial charge on any atom is 0.238 e. The molecule has 3 N–H and O–H groups in total. The van der Waals surface area contributed by atoms with Crippen LogP contribution in [0.1, 0.15) is 36.5 Å². The number of amides is 1. The Hall–Kier alpha value is -1.43. The molecule has 1 heterocycles. The maximum absolute atomic E-state index is 12.2. The number of ketones is 1. The fourth-order valence-corrected chi connectivity index (χ4v) is 3.06. The molecule has 0 spiro atoms. The Kier molecular flexibility index (Phi) is 8.23. The van der Waals surface area contributed by atoms with Gasteiger partial charge in [-0.25, -0.2) is 0 Å². The Morgan fingerprint density at radius 2 is 2.09 bits per heavy atom. The van der Waals surface area contributed by atoms with E-state index in [2.05, 4.69) is 10.2 Å². The highest BCUT2D eigenvalue weighted by atomic mass is 35.5. The minimum atomic E-state index is -0.0675. The summed E-state index contributed by atoms with van der Waals surface area (Å²) in [4.78, 5) is 26.0. The summed E-state index contributed by atoms with van der Waals surface area (Å²) in [6.45, 7) is 4.46. The molecule has 1 amide bonds. The lowest BCUT2D eigenvalue weighted by molar-refractivity contribution is -0.117. The fraction of sp³-hybridized carbons (Fsp3) is 0.529. The predicted molar refractivity (Wildman–Crippen MR) is 95.2 cm³/mol. The number of carbonyl (C=O) groups is 2. The molecule has 1 aliphatic heterocycles. The van der Waals surface area contributed by atoms with E-state index in [1.807, 2.05) is 6.07 Å². The normalized spacial score (nSPS) is 18.1. The van der Waals surface area contributed by atoms with E-state index in [4.69, 9.17) is 5.73 Å². The number of benzene rings is 1. The Labute approximate surface area is 144 Å². The van der Waals surface area contributed by atoms with Gasteiger partial charge in [0.05, 0.1) is 12.2 Å². The molecule has 1 fully saturated rings. The molecule has 1 saturated heterocycles. The highest BCUT2D eigenvalue weighted by Crippen LogP contribution is 2.19. The smallest absolute Gasteiger partial charge is 0.238 e. The van der Waals surface area contributed by atoms with Gasteiger partial charge in [-0.05, 0) is 57.3 Å². The van der Waals surface area contributed by atoms with E-state index in [0.29, 0.717) is 30.3 Å². The average Bonchev–Trinajstić information content (AvgIpc) is 2.48. The van der Waals surface area contributed by atoms with Crippen LogP contribution in [0.4, 0.5) is 5.69 Å². The van der Waals surface area contributed by atoms with Crippen LogP contribution in [0.3, 0.4) is 0 Å². The summed E-state index contributed by atoms with van der Waals surface area (Å²) < 4.78 is 0. The molecular weight excluding hydrogens is 314 g/mol. The molecule has 0 saturated carbocycles. The van der Waals surface area contributed by atoms with Gasteiger partial charge >= 0.3 is 0 Å². The zero-order valence-electron chi connectivity index (χ0n) is 13.6. The first-order chi connectivity index (χ1) is 10.6. The van der Waals surface area contributed by atoms with Crippen molar-refractivity contribution in [3.8, 4) is 0 Å². The van der Waals surface area contributed by atoms with E-state index in [1.54, 1.807) is 18.2 Å². The standard InChI is InChI=1S/C17H25N3O2.ClH/c1-13(21)15-6-2-3-7-16(15)19-17(22)12-20-10-4-5-14(11-20)8-9-18;/h2-3,6-7,14H,4-5,8-12,18H2,1H3,(H,19,22);1H. The third kappa shape index (κ3) is 5.94. The largest absolute Gasteiger partial charge is 0.330 e. The Morgan fingerprint density at radius 1 is 1.35 bits per heavy atom. The highest BCUT2D eigenvalue weighted by Gasteiger charge is 2.21. The topological polar surface area (TPSA) is 75.4 Å². The minimum absolute atomic E-state index is 0. The number of para-hydroxylation sites is 1. The van der Waals surface area contributed by atoms with Crippen molar-refractivity contribution in [2.45, 2.75) is 26.2 Å². The lowest BCUT2D eigenvalue weighted by Crippen LogP contribution is -2.41. The summed E-state index contributed by atoms with van der Waals surface area (Å²) in [5, 5.41) is 2.86. The number of rotatable bonds is 6. The van der Waals surface area contributed by atoms with Crippen LogP contribution >= 0.6 is 12.4 Å². The van der Waals surface area contributed by atoms with Crippen molar-refractivity contribution in [2.24, 2.45) is 11.7 Å². The predicted octanol–water partition coefficient (Wildman–Crippen LogP) is 2.31. The molecule has 1 aromatic carbocycles. The molecule has 0 aromatic heterocycles. The second-order valence-electron chi connectivity index (χ2n) is 5.97. The van der Waals surface area contributed by atoms with Gasteiger partial charge in [0.2, 0.25) is 5.91 Å². The van der Waals surface area contributed by atoms with Gasteiger partial charge in [-0.15, -0.1) is 12.4 Å². The first-order valence-electron chi connectivity index (χ1n) is 7.92. The molecule has 0 radical (unpaired) electrons. The number of Topliss-reactive ketones (excluding diaryl/α,β-unsaturated/α-hetero) is 1. The summed E-state index contributed by atoms with van der Waals surface area (Å²) in [5.74, 6) is 0.482. The van der Waals surface area contributed by atoms with Gasteiger partial charge in [-0.2, -0.15) is 0 Å². The van der Waals surface area contributed by atoms with Crippen LogP contribution in [0.2, 0.25) is 0 Å². The molecule has 128 valence electrons. The summed E-state index contributed by atoms with van der Waals surface area (Å²) in [6, 6.07) is 7.12. The van der Waals surface area contributed by atoms with E-state index in [9.17, 15) is 9.59 Å². The van der Waals surface area contributed by atoms with Crippen LogP contribution in [-0.4, -0.2) is 42.8 Å². The van der Waals surface area contributed by atoms with Crippen molar-refractivity contribution in [3.63, 3.8) is 0 Å². The molecule has 1 atom stereocenters. The molecule has 0 aliphatic carbocycles. The zero-order chi connectivity index (χ0) is 15.9. The first kappa shape index (κ1) is 19.6. The van der Waals surface area contributed by atoms with Crippen LogP contribution in [0.25, 0.3) is 0 Å². The van der Waals surface area contributed by atoms with E-state index in [1.165, 1.54) is 13.3 Å². The number of halogens is 1. The molecule has 23 heavy (non-hydrogen) atoms. The summed E-state index contributed by atoms with van der Waals surface area (Å²) >= 11 is 0. The number of hydrogen-bond donors (Lipinski definition) is 2. The molecule has 1 aliphatic rings. The molecule has 2 rings (SSSR count). The van der Waals surface area contributed by atoms with Crippen molar-refractivity contribution in [2.75, 3.05) is 31.5 Å². The van der Waals surface area contributed by atoms with Gasteiger partial charge in [0.25, 0.3) is 0 Å². The van der Waals surface area contributed by atoms with Gasteiger partial charge in [0.15, 0.2) is 5.78 Å². The van der Waals surface area contributed by atoms with Gasteiger partial charge in [0, 0.05) is 12.1 Å². The number of nitrogens with zero attached hydrogens (tertiary/aromatic N) is 1. The third-order valence-electron chi connectivity index (χ3n) is 4.13. The van der Waals surface area contributed by atoms with Crippen LogP contribution in [0, 0.1) is 5.92 Å². The van der Waals surface area contributed by atoms with E-state index in [-0.39, 0.29) is 24.1 Å². The van der Waals surface area contributed by atoms with Gasteiger partial charge in [-0.1, -0.05) is 12.1 Å². The van der Waals surface area contributed by atoms with Crippen LogP contribution in [-0.2, 0) is 4.79 Å². The maximum atomic E-state index is 12.2. The fourth-order valence-electron chi connectivity index (χ4n) is 3.06. The monoisotopic (exact) mass is 339 g/mol. The van der Waals surface area contributed by atoms with Crippen LogP contribution in [0.15, 0.2) is 24.3 Å². The molecular formula is C17H26ClN3O2. The van der Waals surface area contributed by atoms with Crippen LogP contribution in [0.5, 0.6) is 0 Å². The lowest BCUT2D eigenvalue weighted by atomic mass is 9.95. The number of hydrogen-bond acceptors (Lipinski definition) is 4. The number of anilines is 1. The van der Waals surface area contributed by atoms with Crippen molar-refractivity contribution in [1.29, 1.82) is 0 Å². The number of likely N-dealkylation sites (tertiary alicyclic amines) is 1. The van der Waals surface area contributed by atoms with Crippen molar-refractivity contribution in [1.82, 2.24) is 4.90 Å². The van der Waals surface area contributed by atoms with Gasteiger partial charge < -0.3 is 11.1 Å². The summed E-state index contributed by atoms with van der Waals surface area (Å²) in [6.07, 6.45) is 3.33. The van der Waals surface area contributed by atoms with Gasteiger partial charge in [-0.3, -0.25) is 14.5 Å². The Bertz CT molecular complexity index is 534. The highest BCUT2D eigenvalue weighted by molar-refractivity contribution is 6.04. The lowest BCUT2D eigenvalue weighted by Gasteiger charge is -2.32. The van der Waals surface area contributed by atoms with E-state index in [0.717, 1.165) is 25.9 Å². The number of nitrogens with two attached hydrogens (primary N) is 1. The SMILES string of the molecule is CC(=O)c1ccccc1NC(=O)CN1CCCC(CCN)C1.Cl. The molecule has 1 aromatic rings.